The number of aryl methyl sites for hydroxylation is 1. The Morgan fingerprint density at radius 2 is 2.07 bits per heavy atom. The molecule has 1 N–H and O–H groups in total. The van der Waals surface area contributed by atoms with Gasteiger partial charge < -0.3 is 10.1 Å². The average molecular weight is 448 g/mol. The van der Waals surface area contributed by atoms with E-state index < -0.39 is 28.6 Å². The third-order valence-corrected chi connectivity index (χ3v) is 6.24. The number of thiophene rings is 1. The zero-order chi connectivity index (χ0) is 21.8. The number of hydrogen-bond donors (Lipinski definition) is 1. The summed E-state index contributed by atoms with van der Waals surface area (Å²) in [6.45, 7) is 1.36. The van der Waals surface area contributed by atoms with Gasteiger partial charge in [-0.25, -0.2) is 4.79 Å². The first kappa shape index (κ1) is 21.7. The minimum atomic E-state index is -1.22. The number of rotatable bonds is 5. The summed E-state index contributed by atoms with van der Waals surface area (Å²) in [6.07, 6.45) is 3.60. The zero-order valence-corrected chi connectivity index (χ0v) is 17.6. The molecule has 1 aliphatic rings. The highest BCUT2D eigenvalue weighted by molar-refractivity contribution is 7.16. The molecule has 1 amide bonds. The van der Waals surface area contributed by atoms with Crippen molar-refractivity contribution < 1.29 is 19.2 Å². The van der Waals surface area contributed by atoms with Crippen LogP contribution in [-0.2, 0) is 22.4 Å². The molecule has 2 aromatic rings. The van der Waals surface area contributed by atoms with E-state index in [0.717, 1.165) is 48.6 Å². The van der Waals surface area contributed by atoms with Gasteiger partial charge in [-0.2, -0.15) is 5.26 Å². The monoisotopic (exact) mass is 447 g/mol. The highest BCUT2D eigenvalue weighted by atomic mass is 35.5. The zero-order valence-electron chi connectivity index (χ0n) is 16.1. The van der Waals surface area contributed by atoms with Crippen LogP contribution >= 0.6 is 22.9 Å². The summed E-state index contributed by atoms with van der Waals surface area (Å²) in [5, 5.41) is 23.9. The number of amides is 1. The molecule has 8 nitrogen and oxygen atoms in total. The van der Waals surface area contributed by atoms with Gasteiger partial charge in [0.15, 0.2) is 6.10 Å². The molecule has 1 aromatic carbocycles. The van der Waals surface area contributed by atoms with E-state index >= 15 is 0 Å². The van der Waals surface area contributed by atoms with E-state index in [2.05, 4.69) is 11.4 Å². The summed E-state index contributed by atoms with van der Waals surface area (Å²) in [5.74, 6) is -1.63. The number of nitriles is 1. The summed E-state index contributed by atoms with van der Waals surface area (Å²) in [6, 6.07) is 5.72. The fourth-order valence-electron chi connectivity index (χ4n) is 3.27. The van der Waals surface area contributed by atoms with Crippen molar-refractivity contribution in [1.29, 1.82) is 5.26 Å². The molecular weight excluding hydrogens is 430 g/mol. The van der Waals surface area contributed by atoms with Crippen LogP contribution in [-0.4, -0.2) is 22.9 Å². The van der Waals surface area contributed by atoms with E-state index in [-0.39, 0.29) is 10.6 Å². The van der Waals surface area contributed by atoms with E-state index in [9.17, 15) is 25.0 Å². The minimum absolute atomic E-state index is 0.102. The molecule has 1 heterocycles. The number of fused-ring (bicyclic) bond motifs is 1. The van der Waals surface area contributed by atoms with Gasteiger partial charge in [0.05, 0.1) is 10.5 Å². The van der Waals surface area contributed by atoms with Crippen LogP contribution in [0.1, 0.15) is 52.5 Å². The van der Waals surface area contributed by atoms with Gasteiger partial charge in [-0.1, -0.05) is 18.0 Å². The van der Waals surface area contributed by atoms with Gasteiger partial charge in [-0.15, -0.1) is 11.3 Å². The normalized spacial score (nSPS) is 14.0. The van der Waals surface area contributed by atoms with Crippen molar-refractivity contribution in [3.63, 3.8) is 0 Å². The SMILES string of the molecule is CC(OC(=O)c1ccc(Cl)cc1[N+](=O)[O-])C(=O)Nc1sc2c(c1C#N)CCCCC2. The Balaban J connectivity index is 1.74. The maximum atomic E-state index is 12.6. The second-order valence-electron chi connectivity index (χ2n) is 6.84. The number of halogens is 1. The van der Waals surface area contributed by atoms with Crippen LogP contribution in [0.15, 0.2) is 18.2 Å². The summed E-state index contributed by atoms with van der Waals surface area (Å²) >= 11 is 7.12. The van der Waals surface area contributed by atoms with Crippen LogP contribution in [0.2, 0.25) is 5.02 Å². The summed E-state index contributed by atoms with van der Waals surface area (Å²) in [5.41, 5.74) is 0.632. The Morgan fingerprint density at radius 3 is 2.77 bits per heavy atom. The van der Waals surface area contributed by atoms with E-state index in [4.69, 9.17) is 16.3 Å². The Hall–Kier alpha value is -2.96. The maximum Gasteiger partial charge on any atom is 0.345 e. The van der Waals surface area contributed by atoms with E-state index in [1.165, 1.54) is 30.4 Å². The van der Waals surface area contributed by atoms with Gasteiger partial charge in [-0.05, 0) is 50.3 Å². The number of ether oxygens (including phenoxy) is 1. The number of nitrogens with one attached hydrogen (secondary N) is 1. The minimum Gasteiger partial charge on any atom is -0.449 e. The molecule has 0 aliphatic heterocycles. The standard InChI is InChI=1S/C20H18ClN3O5S/c1-11(29-20(26)14-8-7-12(21)9-16(14)24(27)28)18(25)23-19-15(10-22)13-5-3-2-4-6-17(13)30-19/h7-9,11H,2-6H2,1H3,(H,23,25). The van der Waals surface area contributed by atoms with Crippen molar-refractivity contribution in [3.05, 3.63) is 54.9 Å². The van der Waals surface area contributed by atoms with Gasteiger partial charge >= 0.3 is 5.97 Å². The van der Waals surface area contributed by atoms with E-state index in [1.807, 2.05) is 0 Å². The molecule has 3 rings (SSSR count). The molecule has 10 heteroatoms. The van der Waals surface area contributed by atoms with Gasteiger partial charge in [0.2, 0.25) is 0 Å². The van der Waals surface area contributed by atoms with Crippen LogP contribution in [0, 0.1) is 21.4 Å². The molecule has 1 aromatic heterocycles. The number of anilines is 1. The largest absolute Gasteiger partial charge is 0.449 e. The first-order chi connectivity index (χ1) is 14.3. The molecule has 1 aliphatic carbocycles. The Kier molecular flexibility index (Phi) is 6.70. The second kappa shape index (κ2) is 9.24. The maximum absolute atomic E-state index is 12.6. The molecule has 156 valence electrons. The van der Waals surface area contributed by atoms with Gasteiger partial charge in [-0.3, -0.25) is 14.9 Å². The lowest BCUT2D eigenvalue weighted by atomic mass is 10.1. The summed E-state index contributed by atoms with van der Waals surface area (Å²) < 4.78 is 5.12. The molecule has 0 saturated heterocycles. The molecule has 30 heavy (non-hydrogen) atoms. The summed E-state index contributed by atoms with van der Waals surface area (Å²) in [4.78, 5) is 36.4. The molecule has 1 atom stereocenters. The molecular formula is C20H18ClN3O5S. The third-order valence-electron chi connectivity index (χ3n) is 4.80. The number of nitro groups is 1. The predicted octanol–water partition coefficient (Wildman–Crippen LogP) is 4.63. The first-order valence-corrected chi connectivity index (χ1v) is 10.5. The number of benzene rings is 1. The van der Waals surface area contributed by atoms with Crippen LogP contribution in [0.4, 0.5) is 10.7 Å². The molecule has 0 fully saturated rings. The lowest BCUT2D eigenvalue weighted by Gasteiger charge is -2.13. The van der Waals surface area contributed by atoms with Crippen molar-refractivity contribution in [2.75, 3.05) is 5.32 Å². The summed E-state index contributed by atoms with van der Waals surface area (Å²) in [7, 11) is 0. The topological polar surface area (TPSA) is 122 Å². The van der Waals surface area contributed by atoms with Crippen LogP contribution in [0.3, 0.4) is 0 Å². The quantitative estimate of drug-likeness (QED) is 0.308. The second-order valence-corrected chi connectivity index (χ2v) is 8.38. The number of hydrogen-bond acceptors (Lipinski definition) is 7. The first-order valence-electron chi connectivity index (χ1n) is 9.32. The lowest BCUT2D eigenvalue weighted by molar-refractivity contribution is -0.385. The molecule has 0 spiro atoms. The van der Waals surface area contributed by atoms with Crippen molar-refractivity contribution >= 4 is 45.5 Å². The predicted molar refractivity (Wildman–Crippen MR) is 112 cm³/mol. The Labute approximate surface area is 181 Å². The number of carbonyl (C=O) groups is 2. The molecule has 0 saturated carbocycles. The number of nitro benzene ring substituents is 1. The van der Waals surface area contributed by atoms with Crippen molar-refractivity contribution in [3.8, 4) is 6.07 Å². The third kappa shape index (κ3) is 4.61. The lowest BCUT2D eigenvalue weighted by Crippen LogP contribution is -2.30. The molecule has 0 bridgehead atoms. The number of carbonyl (C=O) groups excluding carboxylic acids is 2. The van der Waals surface area contributed by atoms with Gasteiger partial charge in [0.1, 0.15) is 16.6 Å². The Morgan fingerprint density at radius 1 is 1.33 bits per heavy atom. The van der Waals surface area contributed by atoms with Crippen molar-refractivity contribution in [2.24, 2.45) is 0 Å². The average Bonchev–Trinajstić information content (AvgIpc) is 2.86. The fraction of sp³-hybridized carbons (Fsp3) is 0.350. The van der Waals surface area contributed by atoms with Crippen LogP contribution in [0.25, 0.3) is 0 Å². The van der Waals surface area contributed by atoms with E-state index in [0.29, 0.717) is 10.6 Å². The van der Waals surface area contributed by atoms with Crippen molar-refractivity contribution in [2.45, 2.75) is 45.1 Å². The number of esters is 1. The smallest absolute Gasteiger partial charge is 0.345 e. The molecule has 1 unspecified atom stereocenters. The van der Waals surface area contributed by atoms with E-state index in [1.54, 1.807) is 0 Å². The van der Waals surface area contributed by atoms with Crippen LogP contribution in [0.5, 0.6) is 0 Å². The highest BCUT2D eigenvalue weighted by Crippen LogP contribution is 2.37. The fourth-order valence-corrected chi connectivity index (χ4v) is 4.68. The highest BCUT2D eigenvalue weighted by Gasteiger charge is 2.27. The van der Waals surface area contributed by atoms with Crippen LogP contribution < -0.4 is 5.32 Å². The number of nitrogens with zero attached hydrogens (tertiary/aromatic N) is 2. The molecule has 0 radical (unpaired) electrons. The Bertz CT molecular complexity index is 1060. The van der Waals surface area contributed by atoms with Gasteiger partial charge in [0.25, 0.3) is 11.6 Å². The van der Waals surface area contributed by atoms with Crippen molar-refractivity contribution in [1.82, 2.24) is 0 Å². The van der Waals surface area contributed by atoms with Gasteiger partial charge in [0, 0.05) is 16.0 Å².